The number of carbonyl (C=O) groups is 1. The third-order valence-electron chi connectivity index (χ3n) is 4.74. The molecule has 0 aromatic heterocycles. The third-order valence-corrected chi connectivity index (χ3v) is 4.74. The van der Waals surface area contributed by atoms with Gasteiger partial charge in [0, 0.05) is 51.9 Å². The van der Waals surface area contributed by atoms with Crippen LogP contribution in [-0.2, 0) is 0 Å². The molecule has 0 radical (unpaired) electrons. The summed E-state index contributed by atoms with van der Waals surface area (Å²) in [6.45, 7) is 4.36. The zero-order chi connectivity index (χ0) is 19.8. The molecule has 156 valence electrons. The number of rotatable bonds is 5. The molecule has 2 aromatic carbocycles. The molecular weight excluding hydrogens is 481 g/mol. The minimum absolute atomic E-state index is 0. The van der Waals surface area contributed by atoms with Crippen LogP contribution >= 0.6 is 24.0 Å². The number of nitrogens with one attached hydrogen (secondary N) is 2. The number of carbonyl (C=O) groups excluding carboxylic acids is 1. The fourth-order valence-corrected chi connectivity index (χ4v) is 3.26. The quantitative estimate of drug-likeness (QED) is 0.249. The molecule has 2 aromatic rings. The molecular formula is C21H28IN5O2. The highest BCUT2D eigenvalue weighted by atomic mass is 127. The molecule has 3 N–H and O–H groups in total. The first kappa shape index (κ1) is 22.8. The van der Waals surface area contributed by atoms with Crippen LogP contribution in [0.15, 0.2) is 59.6 Å². The molecule has 1 amide bonds. The van der Waals surface area contributed by atoms with E-state index in [1.54, 1.807) is 25.2 Å². The molecule has 0 unspecified atom stereocenters. The second-order valence-electron chi connectivity index (χ2n) is 6.56. The summed E-state index contributed by atoms with van der Waals surface area (Å²) in [7, 11) is 1.76. The number of aliphatic imine (C=N–C) groups is 1. The van der Waals surface area contributed by atoms with Gasteiger partial charge in [-0.3, -0.25) is 9.79 Å². The van der Waals surface area contributed by atoms with E-state index in [2.05, 4.69) is 25.4 Å². The lowest BCUT2D eigenvalue weighted by Gasteiger charge is -2.37. The minimum atomic E-state index is -0.0753. The lowest BCUT2D eigenvalue weighted by atomic mass is 10.2. The zero-order valence-electron chi connectivity index (χ0n) is 16.5. The monoisotopic (exact) mass is 509 g/mol. The topological polar surface area (TPSA) is 80.2 Å². The number of phenolic OH excluding ortho intramolecular Hbond substituents is 1. The van der Waals surface area contributed by atoms with Gasteiger partial charge in [-0.05, 0) is 24.3 Å². The van der Waals surface area contributed by atoms with Crippen molar-refractivity contribution in [3.8, 4) is 5.75 Å². The fraction of sp³-hybridized carbons (Fsp3) is 0.333. The van der Waals surface area contributed by atoms with E-state index in [-0.39, 0.29) is 29.9 Å². The third kappa shape index (κ3) is 6.25. The second kappa shape index (κ2) is 11.5. The Balaban J connectivity index is 0.00000300. The van der Waals surface area contributed by atoms with Crippen molar-refractivity contribution in [2.75, 3.05) is 51.2 Å². The number of halogens is 1. The molecule has 3 rings (SSSR count). The molecule has 0 aliphatic carbocycles. The first-order chi connectivity index (χ1) is 13.7. The lowest BCUT2D eigenvalue weighted by Crippen LogP contribution is -2.53. The van der Waals surface area contributed by atoms with Crippen molar-refractivity contribution in [1.82, 2.24) is 15.5 Å². The Labute approximate surface area is 188 Å². The van der Waals surface area contributed by atoms with E-state index in [1.165, 1.54) is 0 Å². The summed E-state index contributed by atoms with van der Waals surface area (Å²) in [5.74, 6) is 1.06. The Hall–Kier alpha value is -2.49. The number of aromatic hydroxyl groups is 1. The van der Waals surface area contributed by atoms with Crippen LogP contribution in [0, 0.1) is 0 Å². The molecule has 0 atom stereocenters. The Kier molecular flexibility index (Phi) is 9.04. The number of anilines is 1. The van der Waals surface area contributed by atoms with Gasteiger partial charge >= 0.3 is 0 Å². The van der Waals surface area contributed by atoms with Crippen LogP contribution in [0.5, 0.6) is 5.75 Å². The van der Waals surface area contributed by atoms with E-state index in [4.69, 9.17) is 0 Å². The average molecular weight is 509 g/mol. The molecule has 1 heterocycles. The van der Waals surface area contributed by atoms with Crippen LogP contribution in [0.1, 0.15) is 10.4 Å². The molecule has 0 spiro atoms. The molecule has 1 aliphatic rings. The van der Waals surface area contributed by atoms with Gasteiger partial charge in [-0.15, -0.1) is 24.0 Å². The number of phenols is 1. The molecule has 1 aliphatic heterocycles. The Morgan fingerprint density at radius 2 is 1.59 bits per heavy atom. The number of hydrogen-bond acceptors (Lipinski definition) is 4. The van der Waals surface area contributed by atoms with Crippen molar-refractivity contribution < 1.29 is 9.90 Å². The summed E-state index contributed by atoms with van der Waals surface area (Å²) in [5, 5.41) is 16.2. The standard InChI is InChI=1S/C21H27N5O2.HI/c1-22-21(24-12-11-23-20(28)17-7-3-2-4-8-17)26-15-13-25(14-16-26)18-9-5-6-10-19(18)27;/h2-10,27H,11-16H2,1H3,(H,22,24)(H,23,28);1H. The number of para-hydroxylation sites is 2. The van der Waals surface area contributed by atoms with Gasteiger partial charge in [0.1, 0.15) is 5.75 Å². The highest BCUT2D eigenvalue weighted by Crippen LogP contribution is 2.27. The lowest BCUT2D eigenvalue weighted by molar-refractivity contribution is 0.0954. The predicted molar refractivity (Wildman–Crippen MR) is 127 cm³/mol. The van der Waals surface area contributed by atoms with Gasteiger partial charge < -0.3 is 25.5 Å². The van der Waals surface area contributed by atoms with Crippen LogP contribution in [0.2, 0.25) is 0 Å². The summed E-state index contributed by atoms with van der Waals surface area (Å²) >= 11 is 0. The Morgan fingerprint density at radius 3 is 2.24 bits per heavy atom. The van der Waals surface area contributed by atoms with Gasteiger partial charge in [0.15, 0.2) is 5.96 Å². The number of nitrogens with zero attached hydrogens (tertiary/aromatic N) is 3. The summed E-state index contributed by atoms with van der Waals surface area (Å²) in [6, 6.07) is 16.6. The van der Waals surface area contributed by atoms with Crippen LogP contribution in [0.4, 0.5) is 5.69 Å². The summed E-state index contributed by atoms with van der Waals surface area (Å²) in [4.78, 5) is 20.8. The normalized spacial score (nSPS) is 14.2. The number of hydrogen-bond donors (Lipinski definition) is 3. The SMILES string of the molecule is CN=C(NCCNC(=O)c1ccccc1)N1CCN(c2ccccc2O)CC1.I. The molecule has 0 saturated carbocycles. The van der Waals surface area contributed by atoms with Gasteiger partial charge in [0.05, 0.1) is 5.69 Å². The van der Waals surface area contributed by atoms with E-state index in [1.807, 2.05) is 36.4 Å². The molecule has 8 heteroatoms. The van der Waals surface area contributed by atoms with Crippen molar-refractivity contribution in [3.05, 3.63) is 60.2 Å². The van der Waals surface area contributed by atoms with Crippen molar-refractivity contribution in [1.29, 1.82) is 0 Å². The van der Waals surface area contributed by atoms with E-state index >= 15 is 0 Å². The summed E-state index contributed by atoms with van der Waals surface area (Å²) in [5.41, 5.74) is 1.53. The maximum Gasteiger partial charge on any atom is 0.251 e. The van der Waals surface area contributed by atoms with Crippen LogP contribution < -0.4 is 15.5 Å². The van der Waals surface area contributed by atoms with E-state index in [0.717, 1.165) is 37.8 Å². The number of benzene rings is 2. The fourth-order valence-electron chi connectivity index (χ4n) is 3.26. The minimum Gasteiger partial charge on any atom is -0.506 e. The number of amides is 1. The van der Waals surface area contributed by atoms with Crippen LogP contribution in [-0.4, -0.2) is 68.2 Å². The molecule has 7 nitrogen and oxygen atoms in total. The second-order valence-corrected chi connectivity index (χ2v) is 6.56. The highest BCUT2D eigenvalue weighted by molar-refractivity contribution is 14.0. The smallest absolute Gasteiger partial charge is 0.251 e. The summed E-state index contributed by atoms with van der Waals surface area (Å²) in [6.07, 6.45) is 0. The van der Waals surface area contributed by atoms with Crippen LogP contribution in [0.3, 0.4) is 0 Å². The van der Waals surface area contributed by atoms with Gasteiger partial charge in [-0.2, -0.15) is 0 Å². The molecule has 0 bridgehead atoms. The van der Waals surface area contributed by atoms with Gasteiger partial charge in [0.2, 0.25) is 0 Å². The first-order valence-corrected chi connectivity index (χ1v) is 9.51. The largest absolute Gasteiger partial charge is 0.506 e. The van der Waals surface area contributed by atoms with E-state index in [9.17, 15) is 9.90 Å². The van der Waals surface area contributed by atoms with Crippen LogP contribution in [0.25, 0.3) is 0 Å². The van der Waals surface area contributed by atoms with E-state index < -0.39 is 0 Å². The van der Waals surface area contributed by atoms with Crippen molar-refractivity contribution in [2.24, 2.45) is 4.99 Å². The van der Waals surface area contributed by atoms with Crippen molar-refractivity contribution in [3.63, 3.8) is 0 Å². The van der Waals surface area contributed by atoms with E-state index in [0.29, 0.717) is 24.4 Å². The number of guanidine groups is 1. The van der Waals surface area contributed by atoms with Crippen molar-refractivity contribution in [2.45, 2.75) is 0 Å². The highest BCUT2D eigenvalue weighted by Gasteiger charge is 2.21. The zero-order valence-corrected chi connectivity index (χ0v) is 18.9. The van der Waals surface area contributed by atoms with Crippen molar-refractivity contribution >= 4 is 41.5 Å². The summed E-state index contributed by atoms with van der Waals surface area (Å²) < 4.78 is 0. The maximum absolute atomic E-state index is 12.1. The number of piperazine rings is 1. The maximum atomic E-state index is 12.1. The molecule has 1 saturated heterocycles. The first-order valence-electron chi connectivity index (χ1n) is 9.51. The Morgan fingerprint density at radius 1 is 0.966 bits per heavy atom. The molecule has 29 heavy (non-hydrogen) atoms. The average Bonchev–Trinajstić information content (AvgIpc) is 2.75. The predicted octanol–water partition coefficient (Wildman–Crippen LogP) is 2.14. The van der Waals surface area contributed by atoms with Gasteiger partial charge in [-0.25, -0.2) is 0 Å². The molecule has 1 fully saturated rings. The van der Waals surface area contributed by atoms with Gasteiger partial charge in [-0.1, -0.05) is 30.3 Å². The Bertz CT molecular complexity index is 808. The van der Waals surface area contributed by atoms with Gasteiger partial charge in [0.25, 0.3) is 5.91 Å².